The van der Waals surface area contributed by atoms with Gasteiger partial charge in [0.05, 0.1) is 29.3 Å². The smallest absolute Gasteiger partial charge is 0.0654 e. The molecule has 1 heterocycles. The second kappa shape index (κ2) is 9.55. The number of rotatable bonds is 5. The number of allylic oxidation sites excluding steroid dienone is 2. The lowest BCUT2D eigenvalue weighted by atomic mass is 9.35. The van der Waals surface area contributed by atoms with Crippen molar-refractivity contribution in [2.45, 2.75) is 124 Å². The number of aliphatic hydroxyl groups excluding tert-OH is 1. The van der Waals surface area contributed by atoms with Crippen LogP contribution in [0.1, 0.15) is 112 Å². The Morgan fingerprint density at radius 3 is 2.39 bits per heavy atom. The summed E-state index contributed by atoms with van der Waals surface area (Å²) in [5.41, 5.74) is 4.68. The molecule has 0 bridgehead atoms. The first-order valence-corrected chi connectivity index (χ1v) is 16.3. The van der Waals surface area contributed by atoms with E-state index in [4.69, 9.17) is 5.10 Å². The minimum Gasteiger partial charge on any atom is -0.393 e. The summed E-state index contributed by atoms with van der Waals surface area (Å²) >= 11 is 0. The van der Waals surface area contributed by atoms with Crippen molar-refractivity contribution in [1.29, 1.82) is 0 Å². The van der Waals surface area contributed by atoms with Gasteiger partial charge >= 0.3 is 0 Å². The number of nitrogens with zero attached hydrogens (tertiary/aromatic N) is 2. The van der Waals surface area contributed by atoms with Gasteiger partial charge in [0.1, 0.15) is 0 Å². The first-order chi connectivity index (χ1) is 19.2. The van der Waals surface area contributed by atoms with E-state index in [9.17, 15) is 10.2 Å². The Morgan fingerprint density at radius 1 is 1.02 bits per heavy atom. The summed E-state index contributed by atoms with van der Waals surface area (Å²) in [4.78, 5) is 0. The van der Waals surface area contributed by atoms with Gasteiger partial charge in [-0.2, -0.15) is 5.10 Å². The molecular formula is C37H54N2O2. The van der Waals surface area contributed by atoms with Gasteiger partial charge in [0.25, 0.3) is 0 Å². The summed E-state index contributed by atoms with van der Waals surface area (Å²) in [6.07, 6.45) is 12.1. The lowest BCUT2D eigenvalue weighted by Gasteiger charge is -2.69. The summed E-state index contributed by atoms with van der Waals surface area (Å²) in [5, 5.41) is 28.9. The van der Waals surface area contributed by atoms with Crippen LogP contribution >= 0.6 is 0 Å². The highest BCUT2D eigenvalue weighted by molar-refractivity contribution is 5.42. The van der Waals surface area contributed by atoms with Crippen molar-refractivity contribution in [2.24, 2.45) is 39.9 Å². The van der Waals surface area contributed by atoms with E-state index in [1.807, 2.05) is 0 Å². The molecule has 41 heavy (non-hydrogen) atoms. The van der Waals surface area contributed by atoms with Crippen LogP contribution in [-0.2, 0) is 11.8 Å². The zero-order valence-corrected chi connectivity index (χ0v) is 26.9. The Bertz CT molecular complexity index is 1320. The van der Waals surface area contributed by atoms with Gasteiger partial charge in [-0.05, 0) is 130 Å². The lowest BCUT2D eigenvalue weighted by molar-refractivity contribution is -0.223. The minimum absolute atomic E-state index is 0.0210. The number of fused-ring (bicyclic) bond motifs is 6. The third kappa shape index (κ3) is 4.09. The summed E-state index contributed by atoms with van der Waals surface area (Å²) in [6, 6.07) is 10.6. The molecule has 4 aliphatic rings. The van der Waals surface area contributed by atoms with Crippen molar-refractivity contribution in [3.05, 3.63) is 59.4 Å². The highest BCUT2D eigenvalue weighted by Gasteiger charge is 2.71. The van der Waals surface area contributed by atoms with E-state index in [0.717, 1.165) is 44.2 Å². The number of hydrogen-bond donors (Lipinski definition) is 2. The largest absolute Gasteiger partial charge is 0.393 e. The molecule has 1 aromatic carbocycles. The first-order valence-electron chi connectivity index (χ1n) is 16.3. The molecule has 1 aromatic heterocycles. The summed E-state index contributed by atoms with van der Waals surface area (Å²) < 4.78 is 2.20. The quantitative estimate of drug-likeness (QED) is 0.365. The van der Waals surface area contributed by atoms with Gasteiger partial charge in [-0.1, -0.05) is 64.5 Å². The van der Waals surface area contributed by atoms with Gasteiger partial charge in [-0.25, -0.2) is 4.68 Å². The lowest BCUT2D eigenvalue weighted by Crippen LogP contribution is -2.66. The predicted molar refractivity (Wildman–Crippen MR) is 167 cm³/mol. The van der Waals surface area contributed by atoms with Crippen LogP contribution in [0.3, 0.4) is 0 Å². The molecule has 2 N–H and O–H groups in total. The molecule has 3 fully saturated rings. The molecule has 6 rings (SSSR count). The van der Waals surface area contributed by atoms with Crippen molar-refractivity contribution < 1.29 is 10.2 Å². The van der Waals surface area contributed by atoms with E-state index >= 15 is 0 Å². The molecule has 3 saturated carbocycles. The predicted octanol–water partition coefficient (Wildman–Crippen LogP) is 8.04. The van der Waals surface area contributed by atoms with E-state index < -0.39 is 5.60 Å². The molecule has 0 radical (unpaired) electrons. The summed E-state index contributed by atoms with van der Waals surface area (Å²) in [5.74, 6) is 1.26. The van der Waals surface area contributed by atoms with Crippen molar-refractivity contribution in [3.8, 4) is 5.69 Å². The molecule has 4 nitrogen and oxygen atoms in total. The van der Waals surface area contributed by atoms with Crippen LogP contribution in [0.2, 0.25) is 0 Å². The molecule has 0 unspecified atom stereocenters. The number of hydrogen-bond acceptors (Lipinski definition) is 3. The number of aromatic nitrogens is 2. The van der Waals surface area contributed by atoms with E-state index in [0.29, 0.717) is 11.8 Å². The molecule has 2 aromatic rings. The van der Waals surface area contributed by atoms with Crippen LogP contribution in [0.5, 0.6) is 0 Å². The Kier molecular flexibility index (Phi) is 6.79. The molecule has 0 saturated heterocycles. The van der Waals surface area contributed by atoms with Gasteiger partial charge in [-0.3, -0.25) is 0 Å². The number of para-hydroxylation sites is 1. The van der Waals surface area contributed by atoms with Crippen LogP contribution in [0.25, 0.3) is 5.69 Å². The zero-order chi connectivity index (χ0) is 29.6. The van der Waals surface area contributed by atoms with Crippen molar-refractivity contribution in [3.63, 3.8) is 0 Å². The van der Waals surface area contributed by atoms with E-state index in [-0.39, 0.29) is 39.6 Å². The Hall–Kier alpha value is -1.91. The maximum Gasteiger partial charge on any atom is 0.0654 e. The van der Waals surface area contributed by atoms with E-state index in [1.165, 1.54) is 29.7 Å². The molecule has 4 aliphatic carbocycles. The summed E-state index contributed by atoms with van der Waals surface area (Å²) in [7, 11) is 0. The normalized spacial score (nSPS) is 40.5. The van der Waals surface area contributed by atoms with Crippen LogP contribution in [0, 0.1) is 39.9 Å². The first kappa shape index (κ1) is 29.2. The SMILES string of the molecule is CC(C)=CCC[C@](C)(O)[C@H]1CC[C@]2(C)[C@@H]1[C@H](O)C[C@@H]1[C@@]3(C)Cc4cnn(-c5ccccc5)c4C(C)(C)[C@@H]3CC[C@]12C. The standard InChI is InChI=1S/C37H54N2O2/c1-24(2)13-12-18-37(8,41)27-16-19-36(7)31(27)28(40)21-30-34(5)22-25-23-38-39(26-14-10-9-11-15-26)32(25)33(3,4)29(34)17-20-35(30,36)6/h9-11,13-15,23,27-31,40-41H,12,16-22H2,1-8H3/t27-,28+,29-,30+,31-,34-,35+,36+,37-/m0/s1. The molecule has 0 aliphatic heterocycles. The Morgan fingerprint density at radius 2 is 1.71 bits per heavy atom. The fourth-order valence-corrected chi connectivity index (χ4v) is 11.6. The number of benzene rings is 1. The van der Waals surface area contributed by atoms with Gasteiger partial charge in [-0.15, -0.1) is 0 Å². The van der Waals surface area contributed by atoms with Gasteiger partial charge in [0.2, 0.25) is 0 Å². The topological polar surface area (TPSA) is 58.3 Å². The minimum atomic E-state index is -0.757. The van der Waals surface area contributed by atoms with Crippen LogP contribution in [0.15, 0.2) is 48.2 Å². The van der Waals surface area contributed by atoms with Crippen LogP contribution in [0.4, 0.5) is 0 Å². The zero-order valence-electron chi connectivity index (χ0n) is 26.9. The molecular weight excluding hydrogens is 504 g/mol. The van der Waals surface area contributed by atoms with Gasteiger partial charge in [0.15, 0.2) is 0 Å². The third-order valence-corrected chi connectivity index (χ3v) is 13.6. The van der Waals surface area contributed by atoms with E-state index in [2.05, 4.69) is 103 Å². The molecule has 0 amide bonds. The molecule has 4 heteroatoms. The molecule has 9 atom stereocenters. The average Bonchev–Trinajstić information content (AvgIpc) is 3.49. The molecule has 0 spiro atoms. The third-order valence-electron chi connectivity index (χ3n) is 13.6. The highest BCUT2D eigenvalue weighted by Crippen LogP contribution is 2.75. The second-order valence-electron chi connectivity index (χ2n) is 16.3. The van der Waals surface area contributed by atoms with Crippen LogP contribution < -0.4 is 0 Å². The summed E-state index contributed by atoms with van der Waals surface area (Å²) in [6.45, 7) is 18.9. The van der Waals surface area contributed by atoms with E-state index in [1.54, 1.807) is 0 Å². The Labute approximate surface area is 248 Å². The Balaban J connectivity index is 1.36. The second-order valence-corrected chi connectivity index (χ2v) is 16.3. The van der Waals surface area contributed by atoms with Gasteiger partial charge in [0, 0.05) is 5.41 Å². The monoisotopic (exact) mass is 558 g/mol. The van der Waals surface area contributed by atoms with Crippen LogP contribution in [-0.4, -0.2) is 31.7 Å². The average molecular weight is 559 g/mol. The highest BCUT2D eigenvalue weighted by atomic mass is 16.3. The fraction of sp³-hybridized carbons (Fsp3) is 0.703. The van der Waals surface area contributed by atoms with Crippen molar-refractivity contribution >= 4 is 0 Å². The van der Waals surface area contributed by atoms with Crippen molar-refractivity contribution in [2.75, 3.05) is 0 Å². The maximum atomic E-state index is 12.1. The van der Waals surface area contributed by atoms with Crippen molar-refractivity contribution in [1.82, 2.24) is 9.78 Å². The maximum absolute atomic E-state index is 12.1. The number of aliphatic hydroxyl groups is 2. The fourth-order valence-electron chi connectivity index (χ4n) is 11.6. The van der Waals surface area contributed by atoms with Gasteiger partial charge < -0.3 is 10.2 Å². The molecule has 224 valence electrons.